The molecule has 2 aromatic carbocycles. The average Bonchev–Trinajstić information content (AvgIpc) is 2.56. The van der Waals surface area contributed by atoms with E-state index in [9.17, 15) is 18.3 Å². The largest absolute Gasteiger partial charge is 0.372 e. The maximum Gasteiger partial charge on any atom is 0.222 e. The van der Waals surface area contributed by atoms with Crippen LogP contribution >= 0.6 is 11.6 Å². The fraction of sp³-hybridized carbons (Fsp3) is 0.235. The summed E-state index contributed by atoms with van der Waals surface area (Å²) in [5.41, 5.74) is 0.437. The molecule has 7 heteroatoms. The van der Waals surface area contributed by atoms with Gasteiger partial charge in [-0.1, -0.05) is 41.9 Å². The van der Waals surface area contributed by atoms with E-state index in [2.05, 4.69) is 5.32 Å². The van der Waals surface area contributed by atoms with E-state index >= 15 is 0 Å². The lowest BCUT2D eigenvalue weighted by Crippen LogP contribution is -2.58. The first-order valence-electron chi connectivity index (χ1n) is 7.41. The van der Waals surface area contributed by atoms with Crippen LogP contribution in [0.5, 0.6) is 0 Å². The minimum absolute atomic E-state index is 0.00499. The molecule has 1 heterocycles. The molecule has 1 aliphatic rings. The molecule has 0 saturated carbocycles. The number of hydrogen-bond donors (Lipinski definition) is 2. The fourth-order valence-corrected chi connectivity index (χ4v) is 5.27. The van der Waals surface area contributed by atoms with Crippen LogP contribution in [0.4, 0.5) is 0 Å². The highest BCUT2D eigenvalue weighted by molar-refractivity contribution is 7.92. The number of halogens is 1. The van der Waals surface area contributed by atoms with E-state index in [1.807, 2.05) is 0 Å². The summed E-state index contributed by atoms with van der Waals surface area (Å²) in [5, 5.41) is 13.3. The number of carbonyl (C=O) groups is 1. The first-order valence-corrected chi connectivity index (χ1v) is 9.27. The van der Waals surface area contributed by atoms with Crippen molar-refractivity contribution in [2.45, 2.75) is 28.7 Å². The van der Waals surface area contributed by atoms with E-state index in [4.69, 9.17) is 11.6 Å². The molecule has 0 bridgehead atoms. The summed E-state index contributed by atoms with van der Waals surface area (Å²) in [6, 6.07) is 14.3. The van der Waals surface area contributed by atoms with Gasteiger partial charge in [0.25, 0.3) is 0 Å². The van der Waals surface area contributed by atoms with Crippen LogP contribution in [0.2, 0.25) is 5.02 Å². The summed E-state index contributed by atoms with van der Waals surface area (Å²) < 4.78 is 25.1. The Hall–Kier alpha value is -1.89. The normalized spacial score (nSPS) is 24.4. The van der Waals surface area contributed by atoms with E-state index in [1.165, 1.54) is 24.3 Å². The number of sulfone groups is 1. The Bertz CT molecular complexity index is 852. The van der Waals surface area contributed by atoms with Crippen LogP contribution in [-0.4, -0.2) is 25.7 Å². The molecule has 3 rings (SSSR count). The van der Waals surface area contributed by atoms with E-state index < -0.39 is 20.8 Å². The van der Waals surface area contributed by atoms with Crippen molar-refractivity contribution >= 4 is 27.3 Å². The Morgan fingerprint density at radius 2 is 1.71 bits per heavy atom. The highest BCUT2D eigenvalue weighted by atomic mass is 35.5. The van der Waals surface area contributed by atoms with Gasteiger partial charge in [-0.2, -0.15) is 0 Å². The molecule has 1 amide bonds. The van der Waals surface area contributed by atoms with Gasteiger partial charge in [0.05, 0.1) is 4.90 Å². The molecule has 126 valence electrons. The quantitative estimate of drug-likeness (QED) is 0.873. The molecule has 24 heavy (non-hydrogen) atoms. The van der Waals surface area contributed by atoms with Crippen molar-refractivity contribution in [1.82, 2.24) is 5.32 Å². The molecule has 0 spiro atoms. The third-order valence-corrected chi connectivity index (χ3v) is 7.10. The van der Waals surface area contributed by atoms with Crippen molar-refractivity contribution in [2.75, 3.05) is 0 Å². The van der Waals surface area contributed by atoms with Crippen LogP contribution in [0.3, 0.4) is 0 Å². The Morgan fingerprint density at radius 3 is 2.29 bits per heavy atom. The van der Waals surface area contributed by atoms with Gasteiger partial charge in [0, 0.05) is 11.4 Å². The van der Waals surface area contributed by atoms with Crippen molar-refractivity contribution < 1.29 is 18.3 Å². The van der Waals surface area contributed by atoms with Gasteiger partial charge in [-0.15, -0.1) is 0 Å². The van der Waals surface area contributed by atoms with E-state index in [1.54, 1.807) is 30.3 Å². The Morgan fingerprint density at radius 1 is 1.08 bits per heavy atom. The maximum absolute atomic E-state index is 13.4. The molecule has 5 nitrogen and oxygen atoms in total. The number of benzene rings is 2. The first kappa shape index (κ1) is 17.0. The van der Waals surface area contributed by atoms with Crippen LogP contribution in [-0.2, 0) is 19.4 Å². The van der Waals surface area contributed by atoms with Crippen molar-refractivity contribution in [3.8, 4) is 0 Å². The standard InChI is InChI=1S/C17H16ClNO4S/c18-13-6-8-14(9-7-13)24(22,23)17(12-4-2-1-3-5-12)11-10-15(20)19-16(17)21/h1-9,16,21H,10-11H2,(H,19,20). The number of carbonyl (C=O) groups excluding carboxylic acids is 1. The van der Waals surface area contributed by atoms with Crippen molar-refractivity contribution in [3.63, 3.8) is 0 Å². The predicted octanol–water partition coefficient (Wildman–Crippen LogP) is 2.24. The van der Waals surface area contributed by atoms with Gasteiger partial charge in [-0.05, 0) is 36.2 Å². The molecule has 0 radical (unpaired) electrons. The zero-order valence-corrected chi connectivity index (χ0v) is 14.2. The number of aliphatic hydroxyl groups excluding tert-OH is 1. The molecule has 2 aromatic rings. The van der Waals surface area contributed by atoms with Gasteiger partial charge >= 0.3 is 0 Å². The second kappa shape index (κ2) is 6.20. The number of amides is 1. The fourth-order valence-electron chi connectivity index (χ4n) is 3.06. The summed E-state index contributed by atoms with van der Waals surface area (Å²) in [4.78, 5) is 11.7. The Balaban J connectivity index is 2.22. The summed E-state index contributed by atoms with van der Waals surface area (Å²) in [5.74, 6) is -0.375. The summed E-state index contributed by atoms with van der Waals surface area (Å²) in [6.07, 6.45) is -1.53. The Kier molecular flexibility index (Phi) is 4.38. The lowest BCUT2D eigenvalue weighted by atomic mass is 9.88. The smallest absolute Gasteiger partial charge is 0.222 e. The molecule has 1 fully saturated rings. The highest BCUT2D eigenvalue weighted by Crippen LogP contribution is 2.43. The first-order chi connectivity index (χ1) is 11.4. The summed E-state index contributed by atoms with van der Waals surface area (Å²) in [6.45, 7) is 0. The van der Waals surface area contributed by atoms with Gasteiger partial charge in [0.15, 0.2) is 16.1 Å². The van der Waals surface area contributed by atoms with Gasteiger partial charge < -0.3 is 10.4 Å². The van der Waals surface area contributed by atoms with Crippen molar-refractivity contribution in [1.29, 1.82) is 0 Å². The lowest BCUT2D eigenvalue weighted by molar-refractivity contribution is -0.128. The van der Waals surface area contributed by atoms with Gasteiger partial charge in [-0.3, -0.25) is 4.79 Å². The minimum atomic E-state index is -3.99. The highest BCUT2D eigenvalue weighted by Gasteiger charge is 2.54. The topological polar surface area (TPSA) is 83.5 Å². The third-order valence-electron chi connectivity index (χ3n) is 4.33. The van der Waals surface area contributed by atoms with Crippen molar-refractivity contribution in [3.05, 3.63) is 65.2 Å². The van der Waals surface area contributed by atoms with Crippen molar-refractivity contribution in [2.24, 2.45) is 0 Å². The molecule has 1 aliphatic heterocycles. The van der Waals surface area contributed by atoms with Crippen LogP contribution in [0.25, 0.3) is 0 Å². The zero-order chi connectivity index (χ0) is 17.4. The molecule has 0 aromatic heterocycles. The second-order valence-corrected chi connectivity index (χ2v) is 8.33. The zero-order valence-electron chi connectivity index (χ0n) is 12.6. The van der Waals surface area contributed by atoms with E-state index in [0.29, 0.717) is 10.6 Å². The number of hydrogen-bond acceptors (Lipinski definition) is 4. The molecule has 2 atom stereocenters. The molecule has 0 aliphatic carbocycles. The molecule has 2 N–H and O–H groups in total. The van der Waals surface area contributed by atoms with Gasteiger partial charge in [-0.25, -0.2) is 8.42 Å². The van der Waals surface area contributed by atoms with Crippen LogP contribution in [0.1, 0.15) is 18.4 Å². The predicted molar refractivity (Wildman–Crippen MR) is 90.1 cm³/mol. The summed E-state index contributed by atoms with van der Waals surface area (Å²) in [7, 11) is -3.99. The molecule has 1 saturated heterocycles. The van der Waals surface area contributed by atoms with E-state index in [0.717, 1.165) is 0 Å². The monoisotopic (exact) mass is 365 g/mol. The lowest BCUT2D eigenvalue weighted by Gasteiger charge is -2.41. The van der Waals surface area contributed by atoms with Crippen LogP contribution in [0.15, 0.2) is 59.5 Å². The average molecular weight is 366 g/mol. The van der Waals surface area contributed by atoms with Crippen LogP contribution < -0.4 is 5.32 Å². The molecular weight excluding hydrogens is 350 g/mol. The number of piperidine rings is 1. The molecular formula is C17H16ClNO4S. The second-order valence-electron chi connectivity index (χ2n) is 5.68. The SMILES string of the molecule is O=C1CCC(c2ccccc2)(S(=O)(=O)c2ccc(Cl)cc2)C(O)N1. The number of rotatable bonds is 3. The Labute approximate surface area is 145 Å². The number of nitrogens with one attached hydrogen (secondary N) is 1. The maximum atomic E-state index is 13.4. The number of aliphatic hydroxyl groups is 1. The molecule has 2 unspecified atom stereocenters. The van der Waals surface area contributed by atoms with Crippen LogP contribution in [0, 0.1) is 0 Å². The third kappa shape index (κ3) is 2.60. The van der Waals surface area contributed by atoms with Gasteiger partial charge in [0.2, 0.25) is 5.91 Å². The summed E-state index contributed by atoms with van der Waals surface area (Å²) >= 11 is 5.85. The minimum Gasteiger partial charge on any atom is -0.372 e. The van der Waals surface area contributed by atoms with Gasteiger partial charge in [0.1, 0.15) is 4.75 Å². The van der Waals surface area contributed by atoms with E-state index in [-0.39, 0.29) is 23.6 Å².